The lowest BCUT2D eigenvalue weighted by molar-refractivity contribution is -0.119. The van der Waals surface area contributed by atoms with Gasteiger partial charge in [-0.1, -0.05) is 87.0 Å². The third-order valence-corrected chi connectivity index (χ3v) is 27.5. The van der Waals surface area contributed by atoms with Gasteiger partial charge in [0, 0.05) is 126 Å². The van der Waals surface area contributed by atoms with E-state index in [0.717, 1.165) is 227 Å². The Bertz CT molecular complexity index is 7710. The van der Waals surface area contributed by atoms with Gasteiger partial charge in [0.05, 0.1) is 134 Å². The molecule has 138 heavy (non-hydrogen) atoms. The predicted molar refractivity (Wildman–Crippen MR) is 563 cm³/mol. The summed E-state index contributed by atoms with van der Waals surface area (Å²) in [6.07, 6.45) is 37.6. The molecule has 11 N–H and O–H groups in total. The number of carbonyl (C=O) groups is 1. The van der Waals surface area contributed by atoms with E-state index in [2.05, 4.69) is 152 Å². The number of fused-ring (bicyclic) bond motifs is 26. The third-order valence-electron chi connectivity index (χ3n) is 27.5. The first-order valence-corrected chi connectivity index (χ1v) is 46.2. The molecule has 0 bridgehead atoms. The Morgan fingerprint density at radius 3 is 1.22 bits per heavy atom. The van der Waals surface area contributed by atoms with E-state index >= 15 is 0 Å². The average molecular weight is 1840 g/mol. The summed E-state index contributed by atoms with van der Waals surface area (Å²) in [7, 11) is 0. The molecule has 0 saturated heterocycles. The molecule has 0 fully saturated rings. The summed E-state index contributed by atoms with van der Waals surface area (Å²) < 4.78 is 0. The summed E-state index contributed by atoms with van der Waals surface area (Å²) in [4.78, 5) is 43.6. The summed E-state index contributed by atoms with van der Waals surface area (Å²) >= 11 is 0. The number of hydrogen-bond donors (Lipinski definition) is 11. The lowest BCUT2D eigenvalue weighted by atomic mass is 9.83. The number of anilines is 1. The van der Waals surface area contributed by atoms with Crippen molar-refractivity contribution in [1.29, 1.82) is 0 Å². The maximum absolute atomic E-state index is 11.6. The molecule has 9 aromatic carbocycles. The largest absolute Gasteiger partial charge is 0.508 e. The lowest BCUT2D eigenvalue weighted by Gasteiger charge is -2.28. The second-order valence-electron chi connectivity index (χ2n) is 35.5. The zero-order chi connectivity index (χ0) is 89.0. The molecule has 24 nitrogen and oxygen atoms in total. The van der Waals surface area contributed by atoms with Crippen LogP contribution in [0.4, 0.5) is 5.69 Å². The van der Waals surface area contributed by atoms with E-state index in [-0.39, 0.29) is 87.0 Å². The molecule has 0 spiro atoms. The minimum Gasteiger partial charge on any atom is -0.508 e. The number of benzene rings is 9. The second kappa shape index (κ2) is 41.2. The van der Waals surface area contributed by atoms with Crippen LogP contribution in [0.3, 0.4) is 0 Å². The van der Waals surface area contributed by atoms with Crippen molar-refractivity contribution in [2.45, 2.75) is 186 Å². The van der Waals surface area contributed by atoms with Crippen LogP contribution in [0.1, 0.15) is 176 Å². The molecule has 1 atom stereocenters. The van der Waals surface area contributed by atoms with Crippen LogP contribution in [0.15, 0.2) is 207 Å². The highest BCUT2D eigenvalue weighted by Crippen LogP contribution is 2.46. The van der Waals surface area contributed by atoms with Gasteiger partial charge in [0.15, 0.2) is 0 Å². The smallest absolute Gasteiger partial charge is 0.217 e. The molecule has 20 aromatic rings. The Kier molecular flexibility index (Phi) is 28.7. The molecule has 11 aromatic heterocycles. The number of hydrogen-bond acceptors (Lipinski definition) is 18. The molecule has 0 saturated carbocycles. The van der Waals surface area contributed by atoms with E-state index < -0.39 is 0 Å². The quantitative estimate of drug-likeness (QED) is 0.0573. The molecular formula is C114H122N18O6. The fourth-order valence-electron chi connectivity index (χ4n) is 21.3. The number of phenols is 3. The van der Waals surface area contributed by atoms with Crippen LogP contribution in [0, 0.1) is 0 Å². The van der Waals surface area contributed by atoms with Crippen LogP contribution in [0.2, 0.25) is 0 Å². The van der Waals surface area contributed by atoms with Crippen molar-refractivity contribution in [1.82, 2.24) is 86.2 Å². The number of nitrogens with one attached hydrogen (secondary N) is 6. The number of aliphatic hydroxyl groups excluding tert-OH is 2. The number of phenolic OH excluding ortho intramolecular Hbond substituents is 3. The van der Waals surface area contributed by atoms with Crippen LogP contribution < -0.4 is 10.2 Å². The average Bonchev–Trinajstić information content (AvgIpc) is 1.49. The van der Waals surface area contributed by atoms with Crippen molar-refractivity contribution >= 4 is 127 Å². The zero-order valence-electron chi connectivity index (χ0n) is 73.3. The number of aromatic nitrogens is 16. The molecule has 1 unspecified atom stereocenters. The number of rotatable bonds is 11. The normalized spacial score (nSPS) is 14.1. The van der Waals surface area contributed by atoms with Gasteiger partial charge in [0.1, 0.15) is 17.2 Å². The zero-order valence-corrected chi connectivity index (χ0v) is 73.3. The summed E-state index contributed by atoms with van der Waals surface area (Å²) in [6, 6.07) is 53.5. The van der Waals surface area contributed by atoms with Crippen molar-refractivity contribution in [2.24, 2.45) is 0 Å². The fraction of sp³-hybridized carbons (Fsp3) is 0.281. The highest BCUT2D eigenvalue weighted by molar-refractivity contribution is 6.12. The molecule has 0 aliphatic heterocycles. The molecule has 26 rings (SSSR count). The SMILES string of the molecule is C.C.C.C.C.C.C1=Cc2cc(-c3nc4ccc5[nH]ncc5c4c4c3CCCC4)cnc2C1.CC(=O)NC1CCc2c(c(-c3ccc(O)cc3)nc3ccc4[nH]ncc4c23)C1.OCCN(CCO)c1ccc(-c2nc3ccc4[nH]ncc4c3c3c2CCCC3)cc1.Oc1ccc(-c2nc3c(ccc4[nH]ncc43)c3c2CCCC3)cc1.Oc1ccc(-c2nc3c(ccc4cn[nH]c43)c3c2CCCC3)cc1. The first-order valence-electron chi connectivity index (χ1n) is 46.2. The Hall–Kier alpha value is -15.1. The highest BCUT2D eigenvalue weighted by atomic mass is 16.3. The number of aromatic hydroxyl groups is 3. The van der Waals surface area contributed by atoms with Gasteiger partial charge in [-0.25, -0.2) is 24.9 Å². The minimum atomic E-state index is -0.00870. The van der Waals surface area contributed by atoms with E-state index in [1.807, 2.05) is 90.6 Å². The maximum Gasteiger partial charge on any atom is 0.217 e. The van der Waals surface area contributed by atoms with Crippen LogP contribution in [0.5, 0.6) is 17.2 Å². The van der Waals surface area contributed by atoms with Gasteiger partial charge in [0.25, 0.3) is 0 Å². The number of allylic oxidation sites excluding steroid dienone is 1. The summed E-state index contributed by atoms with van der Waals surface area (Å²) in [5, 5.41) is 98.7. The Morgan fingerprint density at radius 2 is 0.754 bits per heavy atom. The number of aryl methyl sites for hydroxylation is 5. The van der Waals surface area contributed by atoms with Crippen LogP contribution in [0.25, 0.3) is 171 Å². The highest BCUT2D eigenvalue weighted by Gasteiger charge is 2.31. The topological polar surface area (TPSA) is 354 Å². The molecule has 0 radical (unpaired) electrons. The first-order chi connectivity index (χ1) is 64.9. The van der Waals surface area contributed by atoms with Crippen LogP contribution in [-0.4, -0.2) is 145 Å². The maximum atomic E-state index is 11.6. The van der Waals surface area contributed by atoms with Gasteiger partial charge in [-0.3, -0.25) is 35.3 Å². The standard InChI is InChI=1S/C24H26N4O2.C22H20N4O2.C22H18N4.2C20H17N3O.6CH4/c29-13-11-28(12-14-30)17-7-5-16(6-8-17)24-19-4-2-1-3-18(19)23-20-15-25-27-21(20)9-10-22(23)26-24;1-12(27)24-14-4-7-16-17(10-14)22(13-2-5-15(28)6-3-13)25-20-9-8-19-18(21(16)20)11-23-26-19;1-2-6-16-15(5-1)21-17-12-24-26-19(17)8-9-20(21)25-22(16)14-10-13-4-3-7-18(13)23-11-14;24-14-8-5-12(6-9-14)18-16-4-2-1-3-15(16)17-10-7-13-11-21-23-19(13)20(17)22-18;24-13-7-5-12(6-8-13)19-15-4-2-1-3-14(15)16-9-10-18-17(11-21-23-18)20(16)22-19;;;;;;/h5-10,15,29-30H,1-4,11-14H2,(H,25,27);2-3,5-6,8-9,11,14,28H,4,7,10H2,1H3,(H,23,26)(H,24,27);3-4,8-12H,1-2,5-7H2,(H,24,26);2*5-11,24H,1-4H2,(H,21,23);6*1H4. The van der Waals surface area contributed by atoms with E-state index in [1.165, 1.54) is 140 Å². The molecule has 704 valence electrons. The van der Waals surface area contributed by atoms with Crippen molar-refractivity contribution in [3.05, 3.63) is 274 Å². The molecule has 6 aliphatic carbocycles. The van der Waals surface area contributed by atoms with Crippen LogP contribution in [-0.2, 0) is 75.4 Å². The first kappa shape index (κ1) is 96.0. The van der Waals surface area contributed by atoms with Crippen molar-refractivity contribution in [3.8, 4) is 73.5 Å². The number of carbonyl (C=O) groups excluding carboxylic acids is 1. The third kappa shape index (κ3) is 18.1. The second-order valence-corrected chi connectivity index (χ2v) is 35.5. The molecule has 6 aliphatic rings. The van der Waals surface area contributed by atoms with E-state index in [9.17, 15) is 30.3 Å². The lowest BCUT2D eigenvalue weighted by Crippen LogP contribution is -2.37. The number of H-pyrrole nitrogens is 5. The van der Waals surface area contributed by atoms with E-state index in [1.54, 1.807) is 43.3 Å². The van der Waals surface area contributed by atoms with Gasteiger partial charge in [-0.2, -0.15) is 25.5 Å². The van der Waals surface area contributed by atoms with E-state index in [4.69, 9.17) is 24.9 Å². The molecule has 1 amide bonds. The van der Waals surface area contributed by atoms with Crippen LogP contribution >= 0.6 is 0 Å². The van der Waals surface area contributed by atoms with Gasteiger partial charge in [0.2, 0.25) is 5.91 Å². The number of nitrogens with zero attached hydrogens (tertiary/aromatic N) is 12. The van der Waals surface area contributed by atoms with Crippen molar-refractivity contribution < 1.29 is 30.3 Å². The van der Waals surface area contributed by atoms with Gasteiger partial charge in [-0.15, -0.1) is 0 Å². The van der Waals surface area contributed by atoms with Gasteiger partial charge in [-0.05, 0) is 317 Å². The van der Waals surface area contributed by atoms with Gasteiger partial charge >= 0.3 is 0 Å². The summed E-state index contributed by atoms with van der Waals surface area (Å²) in [5.74, 6) is 0.787. The monoisotopic (exact) mass is 1840 g/mol. The summed E-state index contributed by atoms with van der Waals surface area (Å²) in [6.45, 7) is 2.69. The van der Waals surface area contributed by atoms with Crippen molar-refractivity contribution in [3.63, 3.8) is 0 Å². The molecule has 11 heterocycles. The minimum absolute atomic E-state index is 0. The number of aromatic amines is 5. The Labute approximate surface area is 803 Å². The number of aliphatic hydroxyl groups is 2. The summed E-state index contributed by atoms with van der Waals surface area (Å²) in [5.41, 5.74) is 37.8. The number of pyridine rings is 6. The van der Waals surface area contributed by atoms with E-state index in [0.29, 0.717) is 13.1 Å². The number of amides is 1. The Morgan fingerprint density at radius 1 is 0.377 bits per heavy atom. The Balaban J connectivity index is 0.000000124. The fourth-order valence-corrected chi connectivity index (χ4v) is 21.3. The van der Waals surface area contributed by atoms with Gasteiger partial charge < -0.3 is 35.7 Å². The molecular weight excluding hydrogens is 1720 g/mol. The predicted octanol–water partition coefficient (Wildman–Crippen LogP) is 24.1. The van der Waals surface area contributed by atoms with Crippen molar-refractivity contribution in [2.75, 3.05) is 31.2 Å². The molecule has 24 heteroatoms.